The highest BCUT2D eigenvalue weighted by molar-refractivity contribution is 5.90. The Labute approximate surface area is 107 Å². The molecule has 0 aliphatic rings. The lowest BCUT2D eigenvalue weighted by Gasteiger charge is -2.22. The number of aromatic nitrogens is 1. The second-order valence-corrected chi connectivity index (χ2v) is 4.39. The number of benzene rings is 1. The molecule has 0 saturated carbocycles. The van der Waals surface area contributed by atoms with Crippen LogP contribution in [0.25, 0.3) is 10.9 Å². The van der Waals surface area contributed by atoms with E-state index in [1.54, 1.807) is 6.20 Å². The monoisotopic (exact) mass is 242 g/mol. The lowest BCUT2D eigenvalue weighted by Crippen LogP contribution is -2.21. The molecule has 2 aromatic rings. The summed E-state index contributed by atoms with van der Waals surface area (Å²) in [7, 11) is 0. The van der Waals surface area contributed by atoms with Gasteiger partial charge in [-0.3, -0.25) is 9.78 Å². The number of nitrogens with zero attached hydrogens (tertiary/aromatic N) is 2. The number of carbonyl (C=O) groups excluding carboxylic acids is 1. The largest absolute Gasteiger partial charge is 0.372 e. The Morgan fingerprint density at radius 3 is 2.56 bits per heavy atom. The van der Waals surface area contributed by atoms with Crippen LogP contribution in [-0.4, -0.2) is 24.4 Å². The topological polar surface area (TPSA) is 33.2 Å². The van der Waals surface area contributed by atoms with Gasteiger partial charge in [0.25, 0.3) is 0 Å². The van der Waals surface area contributed by atoms with Crippen molar-refractivity contribution in [3.63, 3.8) is 0 Å². The maximum Gasteiger partial charge on any atom is 0.151 e. The average molecular weight is 242 g/mol. The van der Waals surface area contributed by atoms with Gasteiger partial charge in [0.2, 0.25) is 0 Å². The molecule has 0 bridgehead atoms. The molecule has 2 rings (SSSR count). The molecule has 0 aliphatic carbocycles. The summed E-state index contributed by atoms with van der Waals surface area (Å²) in [6.07, 6.45) is 2.46. The molecule has 0 radical (unpaired) electrons. The fourth-order valence-electron chi connectivity index (χ4n) is 2.27. The molecule has 1 aromatic heterocycles. The molecule has 18 heavy (non-hydrogen) atoms. The molecule has 0 unspecified atom stereocenters. The standard InChI is InChI=1S/C15H18N2O/c1-4-17(5-2)14-6-11(3)15-13(8-14)7-12(10-18)9-16-15/h6-10H,4-5H2,1-3H3. The first-order valence-corrected chi connectivity index (χ1v) is 6.30. The third-order valence-corrected chi connectivity index (χ3v) is 3.24. The van der Waals surface area contributed by atoms with Crippen molar-refractivity contribution in [2.45, 2.75) is 20.8 Å². The van der Waals surface area contributed by atoms with Gasteiger partial charge < -0.3 is 4.90 Å². The predicted octanol–water partition coefficient (Wildman–Crippen LogP) is 3.20. The van der Waals surface area contributed by atoms with Crippen molar-refractivity contribution in [1.29, 1.82) is 0 Å². The zero-order valence-corrected chi connectivity index (χ0v) is 11.1. The average Bonchev–Trinajstić information content (AvgIpc) is 2.39. The van der Waals surface area contributed by atoms with Gasteiger partial charge in [-0.05, 0) is 44.5 Å². The number of aryl methyl sites for hydroxylation is 1. The van der Waals surface area contributed by atoms with Gasteiger partial charge in [0.15, 0.2) is 6.29 Å². The van der Waals surface area contributed by atoms with E-state index in [-0.39, 0.29) is 0 Å². The molecule has 0 fully saturated rings. The van der Waals surface area contributed by atoms with Gasteiger partial charge in [0, 0.05) is 35.9 Å². The second kappa shape index (κ2) is 5.17. The normalized spacial score (nSPS) is 10.6. The van der Waals surface area contributed by atoms with Gasteiger partial charge in [-0.1, -0.05) is 0 Å². The first-order chi connectivity index (χ1) is 8.69. The number of pyridine rings is 1. The summed E-state index contributed by atoms with van der Waals surface area (Å²) in [6.45, 7) is 8.29. The van der Waals surface area contributed by atoms with Crippen molar-refractivity contribution < 1.29 is 4.79 Å². The van der Waals surface area contributed by atoms with Crippen LogP contribution < -0.4 is 4.90 Å². The Hall–Kier alpha value is -1.90. The molecular weight excluding hydrogens is 224 g/mol. The van der Waals surface area contributed by atoms with Crippen molar-refractivity contribution in [3.05, 3.63) is 35.5 Å². The molecule has 1 aromatic carbocycles. The minimum Gasteiger partial charge on any atom is -0.372 e. The van der Waals surface area contributed by atoms with Crippen LogP contribution in [0.5, 0.6) is 0 Å². The zero-order valence-electron chi connectivity index (χ0n) is 11.1. The summed E-state index contributed by atoms with van der Waals surface area (Å²) in [5.74, 6) is 0. The predicted molar refractivity (Wildman–Crippen MR) is 75.4 cm³/mol. The molecule has 94 valence electrons. The van der Waals surface area contributed by atoms with Crippen LogP contribution in [-0.2, 0) is 0 Å². The van der Waals surface area contributed by atoms with Crippen LogP contribution in [0.3, 0.4) is 0 Å². The summed E-state index contributed by atoms with van der Waals surface area (Å²) in [5.41, 5.74) is 3.93. The first-order valence-electron chi connectivity index (χ1n) is 6.30. The maximum atomic E-state index is 10.8. The summed E-state index contributed by atoms with van der Waals surface area (Å²) in [4.78, 5) is 17.5. The van der Waals surface area contributed by atoms with Gasteiger partial charge in [-0.2, -0.15) is 0 Å². The Morgan fingerprint density at radius 2 is 1.94 bits per heavy atom. The van der Waals surface area contributed by atoms with Gasteiger partial charge in [0.05, 0.1) is 5.52 Å². The van der Waals surface area contributed by atoms with Crippen LogP contribution in [0, 0.1) is 6.92 Å². The van der Waals surface area contributed by atoms with Crippen LogP contribution >= 0.6 is 0 Å². The van der Waals surface area contributed by atoms with E-state index in [1.807, 2.05) is 6.07 Å². The summed E-state index contributed by atoms with van der Waals surface area (Å²) in [5, 5.41) is 1.03. The Bertz CT molecular complexity index is 574. The zero-order chi connectivity index (χ0) is 13.1. The molecule has 0 aliphatic heterocycles. The molecule has 0 spiro atoms. The molecular formula is C15H18N2O. The number of rotatable bonds is 4. The molecule has 3 nitrogen and oxygen atoms in total. The quantitative estimate of drug-likeness (QED) is 0.772. The number of hydrogen-bond acceptors (Lipinski definition) is 3. The van der Waals surface area contributed by atoms with E-state index in [0.29, 0.717) is 5.56 Å². The Kier molecular flexibility index (Phi) is 3.60. The number of hydrogen-bond donors (Lipinski definition) is 0. The van der Waals surface area contributed by atoms with Crippen LogP contribution in [0.1, 0.15) is 29.8 Å². The number of aldehydes is 1. The van der Waals surface area contributed by atoms with E-state index >= 15 is 0 Å². The second-order valence-electron chi connectivity index (χ2n) is 4.39. The molecule has 0 amide bonds. The van der Waals surface area contributed by atoms with Gasteiger partial charge in [-0.15, -0.1) is 0 Å². The van der Waals surface area contributed by atoms with E-state index in [2.05, 4.69) is 42.8 Å². The summed E-state index contributed by atoms with van der Waals surface area (Å²) >= 11 is 0. The molecule has 0 saturated heterocycles. The van der Waals surface area contributed by atoms with E-state index in [0.717, 1.165) is 35.8 Å². The van der Waals surface area contributed by atoms with E-state index in [9.17, 15) is 4.79 Å². The Morgan fingerprint density at radius 1 is 1.22 bits per heavy atom. The van der Waals surface area contributed by atoms with Gasteiger partial charge >= 0.3 is 0 Å². The highest BCUT2D eigenvalue weighted by Crippen LogP contribution is 2.25. The number of carbonyl (C=O) groups is 1. The lowest BCUT2D eigenvalue weighted by molar-refractivity contribution is 0.112. The fraction of sp³-hybridized carbons (Fsp3) is 0.333. The number of anilines is 1. The van der Waals surface area contributed by atoms with Crippen LogP contribution in [0.4, 0.5) is 5.69 Å². The van der Waals surface area contributed by atoms with Crippen LogP contribution in [0.2, 0.25) is 0 Å². The minimum atomic E-state index is 0.624. The van der Waals surface area contributed by atoms with Crippen molar-refractivity contribution in [2.75, 3.05) is 18.0 Å². The highest BCUT2D eigenvalue weighted by atomic mass is 16.1. The maximum absolute atomic E-state index is 10.8. The van der Waals surface area contributed by atoms with Gasteiger partial charge in [0.1, 0.15) is 0 Å². The Balaban J connectivity index is 2.61. The summed E-state index contributed by atoms with van der Waals surface area (Å²) in [6, 6.07) is 6.16. The first kappa shape index (κ1) is 12.6. The number of fused-ring (bicyclic) bond motifs is 1. The smallest absolute Gasteiger partial charge is 0.151 e. The van der Waals surface area contributed by atoms with E-state index in [1.165, 1.54) is 5.69 Å². The van der Waals surface area contributed by atoms with Gasteiger partial charge in [-0.25, -0.2) is 0 Å². The van der Waals surface area contributed by atoms with Crippen molar-refractivity contribution in [3.8, 4) is 0 Å². The van der Waals surface area contributed by atoms with E-state index in [4.69, 9.17) is 0 Å². The van der Waals surface area contributed by atoms with Crippen molar-refractivity contribution in [2.24, 2.45) is 0 Å². The fourth-order valence-corrected chi connectivity index (χ4v) is 2.27. The minimum absolute atomic E-state index is 0.624. The highest BCUT2D eigenvalue weighted by Gasteiger charge is 2.07. The van der Waals surface area contributed by atoms with Crippen molar-refractivity contribution in [1.82, 2.24) is 4.98 Å². The third-order valence-electron chi connectivity index (χ3n) is 3.24. The summed E-state index contributed by atoms with van der Waals surface area (Å²) < 4.78 is 0. The van der Waals surface area contributed by atoms with Crippen LogP contribution in [0.15, 0.2) is 24.4 Å². The molecule has 0 atom stereocenters. The third kappa shape index (κ3) is 2.21. The van der Waals surface area contributed by atoms with Crippen molar-refractivity contribution >= 4 is 22.9 Å². The lowest BCUT2D eigenvalue weighted by atomic mass is 10.1. The van der Waals surface area contributed by atoms with E-state index < -0.39 is 0 Å². The SMILES string of the molecule is CCN(CC)c1cc(C)c2ncc(C=O)cc2c1. The molecule has 0 N–H and O–H groups in total. The molecule has 1 heterocycles. The molecule has 3 heteroatoms.